The second kappa shape index (κ2) is 8.87. The predicted molar refractivity (Wildman–Crippen MR) is 59.1 cm³/mol. The largest absolute Gasteiger partial charge is 0.478 e. The summed E-state index contributed by atoms with van der Waals surface area (Å²) in [4.78, 5) is 21.5. The van der Waals surface area contributed by atoms with Gasteiger partial charge in [-0.2, -0.15) is 0 Å². The van der Waals surface area contributed by atoms with E-state index < -0.39 is 5.97 Å². The molecule has 0 bridgehead atoms. The van der Waals surface area contributed by atoms with Gasteiger partial charge >= 0.3 is 5.97 Å². The van der Waals surface area contributed by atoms with Crippen molar-refractivity contribution in [2.24, 2.45) is 0 Å². The van der Waals surface area contributed by atoms with Crippen LogP contribution >= 0.6 is 0 Å². The first-order valence-electron chi connectivity index (χ1n) is 4.94. The summed E-state index contributed by atoms with van der Waals surface area (Å²) < 4.78 is 4.77. The van der Waals surface area contributed by atoms with Crippen molar-refractivity contribution in [3.63, 3.8) is 0 Å². The standard InChI is InChI=1S/C10H18N2O4/c1-8(10(14)15)3-4-11-7-9(13)12-5-6-16-2/h3,11H,4-7H2,1-2H3,(H,12,13)(H,14,15)/b8-3-. The minimum atomic E-state index is -0.952. The smallest absolute Gasteiger partial charge is 0.330 e. The Bertz CT molecular complexity index is 264. The topological polar surface area (TPSA) is 87.7 Å². The quantitative estimate of drug-likeness (QED) is 0.382. The number of aliphatic carboxylic acids is 1. The fourth-order valence-electron chi connectivity index (χ4n) is 0.853. The molecule has 0 fully saturated rings. The van der Waals surface area contributed by atoms with Crippen LogP contribution in [0.4, 0.5) is 0 Å². The van der Waals surface area contributed by atoms with Gasteiger partial charge in [0.25, 0.3) is 0 Å². The van der Waals surface area contributed by atoms with Crippen LogP contribution in [0.15, 0.2) is 11.6 Å². The highest BCUT2D eigenvalue weighted by Gasteiger charge is 2.00. The molecule has 3 N–H and O–H groups in total. The van der Waals surface area contributed by atoms with Crippen LogP contribution in [0.25, 0.3) is 0 Å². The van der Waals surface area contributed by atoms with E-state index >= 15 is 0 Å². The van der Waals surface area contributed by atoms with Crippen molar-refractivity contribution in [2.45, 2.75) is 6.92 Å². The van der Waals surface area contributed by atoms with Crippen LogP contribution in [-0.2, 0) is 14.3 Å². The van der Waals surface area contributed by atoms with Gasteiger partial charge in [0, 0.05) is 25.8 Å². The van der Waals surface area contributed by atoms with E-state index in [0.29, 0.717) is 19.7 Å². The van der Waals surface area contributed by atoms with Crippen LogP contribution in [0.5, 0.6) is 0 Å². The lowest BCUT2D eigenvalue weighted by molar-refractivity contribution is -0.132. The average Bonchev–Trinajstić information content (AvgIpc) is 2.24. The molecule has 92 valence electrons. The van der Waals surface area contributed by atoms with Crippen molar-refractivity contribution in [3.8, 4) is 0 Å². The number of hydrogen-bond donors (Lipinski definition) is 3. The number of carbonyl (C=O) groups is 2. The molecule has 0 aliphatic heterocycles. The predicted octanol–water partition coefficient (Wildman–Crippen LogP) is -0.630. The Balaban J connectivity index is 3.55. The van der Waals surface area contributed by atoms with Gasteiger partial charge in [-0.15, -0.1) is 0 Å². The zero-order valence-corrected chi connectivity index (χ0v) is 9.58. The highest BCUT2D eigenvalue weighted by Crippen LogP contribution is 1.89. The molecule has 0 rings (SSSR count). The van der Waals surface area contributed by atoms with Crippen molar-refractivity contribution in [1.82, 2.24) is 10.6 Å². The lowest BCUT2D eigenvalue weighted by atomic mass is 10.3. The number of carboxylic acid groups (broad SMARTS) is 1. The number of ether oxygens (including phenoxy) is 1. The SMILES string of the molecule is COCCNC(=O)CNC/C=C(/C)C(=O)O. The molecule has 6 nitrogen and oxygen atoms in total. The van der Waals surface area contributed by atoms with Crippen LogP contribution in [0.3, 0.4) is 0 Å². The summed E-state index contributed by atoms with van der Waals surface area (Å²) in [5.74, 6) is -1.09. The van der Waals surface area contributed by atoms with E-state index in [-0.39, 0.29) is 18.0 Å². The minimum absolute atomic E-state index is 0.140. The van der Waals surface area contributed by atoms with Gasteiger partial charge in [-0.3, -0.25) is 4.79 Å². The molecule has 0 unspecified atom stereocenters. The van der Waals surface area contributed by atoms with E-state index in [2.05, 4.69) is 10.6 Å². The second-order valence-electron chi connectivity index (χ2n) is 3.17. The number of rotatable bonds is 8. The molecule has 16 heavy (non-hydrogen) atoms. The van der Waals surface area contributed by atoms with Crippen molar-refractivity contribution < 1.29 is 19.4 Å². The lowest BCUT2D eigenvalue weighted by Crippen LogP contribution is -2.35. The molecule has 0 atom stereocenters. The Labute approximate surface area is 94.7 Å². The molecule has 0 aliphatic rings. The first-order chi connectivity index (χ1) is 7.57. The van der Waals surface area contributed by atoms with Crippen molar-refractivity contribution in [1.29, 1.82) is 0 Å². The Morgan fingerprint density at radius 2 is 2.12 bits per heavy atom. The van der Waals surface area contributed by atoms with Crippen molar-refractivity contribution in [2.75, 3.05) is 33.4 Å². The van der Waals surface area contributed by atoms with E-state index in [0.717, 1.165) is 0 Å². The number of nitrogens with one attached hydrogen (secondary N) is 2. The molecule has 0 aromatic carbocycles. The molecular weight excluding hydrogens is 212 g/mol. The van der Waals surface area contributed by atoms with E-state index in [1.165, 1.54) is 13.0 Å². The molecule has 0 aromatic heterocycles. The summed E-state index contributed by atoms with van der Waals surface area (Å²) in [7, 11) is 1.56. The van der Waals surface area contributed by atoms with Gasteiger partial charge in [-0.05, 0) is 6.92 Å². The fraction of sp³-hybridized carbons (Fsp3) is 0.600. The molecule has 1 amide bonds. The number of carbonyl (C=O) groups excluding carboxylic acids is 1. The Hall–Kier alpha value is -1.40. The Morgan fingerprint density at radius 3 is 2.69 bits per heavy atom. The summed E-state index contributed by atoms with van der Waals surface area (Å²) in [6.45, 7) is 2.97. The first-order valence-corrected chi connectivity index (χ1v) is 4.94. The van der Waals surface area contributed by atoms with Gasteiger partial charge < -0.3 is 20.5 Å². The van der Waals surface area contributed by atoms with Gasteiger partial charge in [0.2, 0.25) is 5.91 Å². The summed E-state index contributed by atoms with van der Waals surface area (Å²) >= 11 is 0. The van der Waals surface area contributed by atoms with Crippen LogP contribution in [0.1, 0.15) is 6.92 Å². The second-order valence-corrected chi connectivity index (χ2v) is 3.17. The summed E-state index contributed by atoms with van der Waals surface area (Å²) in [5.41, 5.74) is 0.257. The third kappa shape index (κ3) is 7.95. The maximum absolute atomic E-state index is 11.1. The molecule has 0 radical (unpaired) electrons. The van der Waals surface area contributed by atoms with Crippen LogP contribution in [-0.4, -0.2) is 50.3 Å². The van der Waals surface area contributed by atoms with Crippen molar-refractivity contribution >= 4 is 11.9 Å². The van der Waals surface area contributed by atoms with Gasteiger partial charge in [0.05, 0.1) is 13.2 Å². The third-order valence-corrected chi connectivity index (χ3v) is 1.80. The monoisotopic (exact) mass is 230 g/mol. The molecule has 0 heterocycles. The fourth-order valence-corrected chi connectivity index (χ4v) is 0.853. The molecule has 6 heteroatoms. The van der Waals surface area contributed by atoms with Crippen molar-refractivity contribution in [3.05, 3.63) is 11.6 Å². The normalized spacial score (nSPS) is 11.2. The molecule has 0 aliphatic carbocycles. The average molecular weight is 230 g/mol. The summed E-state index contributed by atoms with van der Waals surface area (Å²) in [5, 5.41) is 14.0. The first kappa shape index (κ1) is 14.6. The highest BCUT2D eigenvalue weighted by atomic mass is 16.5. The number of hydrogen-bond acceptors (Lipinski definition) is 4. The number of amides is 1. The van der Waals surface area contributed by atoms with Gasteiger partial charge in [0.1, 0.15) is 0 Å². The maximum Gasteiger partial charge on any atom is 0.330 e. The third-order valence-electron chi connectivity index (χ3n) is 1.80. The van der Waals surface area contributed by atoms with Gasteiger partial charge in [0.15, 0.2) is 0 Å². The van der Waals surface area contributed by atoms with E-state index in [4.69, 9.17) is 9.84 Å². The van der Waals surface area contributed by atoms with Crippen LogP contribution < -0.4 is 10.6 Å². The Kier molecular flexibility index (Phi) is 8.10. The van der Waals surface area contributed by atoms with Crippen LogP contribution in [0, 0.1) is 0 Å². The zero-order valence-electron chi connectivity index (χ0n) is 9.58. The summed E-state index contributed by atoms with van der Waals surface area (Å²) in [6, 6.07) is 0. The van der Waals surface area contributed by atoms with E-state index in [9.17, 15) is 9.59 Å². The van der Waals surface area contributed by atoms with E-state index in [1.54, 1.807) is 7.11 Å². The molecule has 0 aromatic rings. The minimum Gasteiger partial charge on any atom is -0.478 e. The lowest BCUT2D eigenvalue weighted by Gasteiger charge is -2.04. The van der Waals surface area contributed by atoms with E-state index in [1.807, 2.05) is 0 Å². The number of methoxy groups -OCH3 is 1. The maximum atomic E-state index is 11.1. The number of carboxylic acids is 1. The molecule has 0 saturated heterocycles. The molecular formula is C10H18N2O4. The molecule has 0 saturated carbocycles. The zero-order chi connectivity index (χ0) is 12.4. The summed E-state index contributed by atoms with van der Waals surface area (Å²) in [6.07, 6.45) is 1.52. The van der Waals surface area contributed by atoms with Gasteiger partial charge in [-0.1, -0.05) is 6.08 Å². The van der Waals surface area contributed by atoms with Crippen LogP contribution in [0.2, 0.25) is 0 Å². The molecule has 0 spiro atoms. The Morgan fingerprint density at radius 1 is 1.44 bits per heavy atom. The highest BCUT2D eigenvalue weighted by molar-refractivity contribution is 5.85. The van der Waals surface area contributed by atoms with Gasteiger partial charge in [-0.25, -0.2) is 4.79 Å².